The molecule has 0 N–H and O–H groups in total. The van der Waals surface area contributed by atoms with Crippen molar-refractivity contribution in [1.29, 1.82) is 0 Å². The van der Waals surface area contributed by atoms with Crippen LogP contribution >= 0.6 is 11.6 Å². The van der Waals surface area contributed by atoms with Gasteiger partial charge in [-0.3, -0.25) is 4.79 Å². The van der Waals surface area contributed by atoms with Crippen molar-refractivity contribution in [2.45, 2.75) is 25.7 Å². The van der Waals surface area contributed by atoms with Crippen molar-refractivity contribution in [2.75, 3.05) is 0 Å². The van der Waals surface area contributed by atoms with Crippen molar-refractivity contribution in [2.24, 2.45) is 15.3 Å². The third-order valence-corrected chi connectivity index (χ3v) is 6.06. The zero-order valence-electron chi connectivity index (χ0n) is 16.8. The van der Waals surface area contributed by atoms with Gasteiger partial charge < -0.3 is 0 Å². The second kappa shape index (κ2) is 8.90. The van der Waals surface area contributed by atoms with Gasteiger partial charge in [-0.15, -0.1) is 4.40 Å². The summed E-state index contributed by atoms with van der Waals surface area (Å²) in [5.74, 6) is -0.00270. The Bertz CT molecular complexity index is 1190. The number of benzene rings is 2. The lowest BCUT2D eigenvalue weighted by Crippen LogP contribution is -2.18. The second-order valence-corrected chi connectivity index (χ2v) is 9.19. The van der Waals surface area contributed by atoms with E-state index in [-0.39, 0.29) is 22.4 Å². The smallest absolute Gasteiger partial charge is 0.284 e. The maximum atomic E-state index is 12.9. The molecule has 0 aliphatic heterocycles. The first kappa shape index (κ1) is 21.9. The fourth-order valence-corrected chi connectivity index (χ4v) is 3.95. The summed E-state index contributed by atoms with van der Waals surface area (Å²) in [5.41, 5.74) is 2.34. The third kappa shape index (κ3) is 5.01. The molecule has 0 fully saturated rings. The molecule has 0 heterocycles. The van der Waals surface area contributed by atoms with Crippen LogP contribution in [0.1, 0.15) is 26.3 Å². The topological polar surface area (TPSA) is 75.9 Å². The molecule has 0 saturated heterocycles. The Kier molecular flexibility index (Phi) is 6.48. The number of hydrogen-bond donors (Lipinski definition) is 0. The summed E-state index contributed by atoms with van der Waals surface area (Å²) in [5, 5.41) is 0.431. The highest BCUT2D eigenvalue weighted by Gasteiger charge is 2.21. The predicted molar refractivity (Wildman–Crippen MR) is 121 cm³/mol. The highest BCUT2D eigenvalue weighted by atomic mass is 35.5. The van der Waals surface area contributed by atoms with Crippen LogP contribution in [-0.2, 0) is 14.8 Å². The van der Waals surface area contributed by atoms with Crippen LogP contribution in [0.3, 0.4) is 0 Å². The highest BCUT2D eigenvalue weighted by Crippen LogP contribution is 2.22. The monoisotopic (exact) mass is 440 g/mol. The number of ketones is 1. The molecule has 2 aromatic rings. The highest BCUT2D eigenvalue weighted by molar-refractivity contribution is 7.90. The molecule has 1 aliphatic carbocycles. The molecule has 0 aromatic heterocycles. The van der Waals surface area contributed by atoms with E-state index in [1.165, 1.54) is 24.3 Å². The van der Waals surface area contributed by atoms with Crippen LogP contribution in [0.5, 0.6) is 0 Å². The van der Waals surface area contributed by atoms with E-state index in [1.807, 2.05) is 19.9 Å². The summed E-state index contributed by atoms with van der Waals surface area (Å²) in [7, 11) is -4.02. The number of hydrogen-bond acceptors (Lipinski definition) is 3. The fraction of sp³-hybridized carbons (Fsp3) is 0.174. The van der Waals surface area contributed by atoms with Gasteiger partial charge in [-0.25, -0.2) is 4.99 Å². The van der Waals surface area contributed by atoms with Gasteiger partial charge in [0.1, 0.15) is 0 Å². The van der Waals surface area contributed by atoms with Crippen LogP contribution in [0.2, 0.25) is 5.02 Å². The van der Waals surface area contributed by atoms with E-state index in [2.05, 4.69) is 9.39 Å². The Morgan fingerprint density at radius 3 is 2.20 bits per heavy atom. The van der Waals surface area contributed by atoms with Crippen molar-refractivity contribution < 1.29 is 13.2 Å². The molecule has 7 heteroatoms. The van der Waals surface area contributed by atoms with Crippen LogP contribution in [0.4, 0.5) is 0 Å². The number of carbonyl (C=O) groups excluding carboxylic acids is 1. The van der Waals surface area contributed by atoms with Crippen LogP contribution in [0.15, 0.2) is 92.2 Å². The Balaban J connectivity index is 2.18. The average molecular weight is 441 g/mol. The second-order valence-electron chi connectivity index (χ2n) is 7.15. The molecule has 3 rings (SSSR count). The van der Waals surface area contributed by atoms with Crippen molar-refractivity contribution in [3.8, 4) is 0 Å². The van der Waals surface area contributed by atoms with Crippen molar-refractivity contribution in [3.05, 3.63) is 88.5 Å². The Labute approximate surface area is 181 Å². The van der Waals surface area contributed by atoms with Gasteiger partial charge in [0, 0.05) is 10.6 Å². The van der Waals surface area contributed by atoms with Crippen LogP contribution in [0, 0.1) is 5.92 Å². The maximum Gasteiger partial charge on any atom is 0.284 e. The average Bonchev–Trinajstić information content (AvgIpc) is 2.70. The molecule has 0 spiro atoms. The van der Waals surface area contributed by atoms with Crippen molar-refractivity contribution in [1.82, 2.24) is 0 Å². The molecular formula is C23H21ClN2O3S. The van der Waals surface area contributed by atoms with E-state index in [9.17, 15) is 13.2 Å². The van der Waals surface area contributed by atoms with Crippen LogP contribution < -0.4 is 0 Å². The molecule has 1 aliphatic rings. The summed E-state index contributed by atoms with van der Waals surface area (Å²) in [6.45, 7) is 5.61. The molecule has 0 unspecified atom stereocenters. The van der Waals surface area contributed by atoms with Gasteiger partial charge in [-0.2, -0.15) is 8.42 Å². The van der Waals surface area contributed by atoms with E-state index in [4.69, 9.17) is 11.6 Å². The van der Waals surface area contributed by atoms with Gasteiger partial charge in [0.05, 0.1) is 10.6 Å². The summed E-state index contributed by atoms with van der Waals surface area (Å²) in [6.07, 6.45) is 3.22. The number of sulfonamides is 1. The maximum absolute atomic E-state index is 12.9. The molecule has 0 saturated carbocycles. The Hall–Kier alpha value is -2.83. The molecule has 2 aromatic carbocycles. The number of halogens is 1. The number of rotatable bonds is 4. The van der Waals surface area contributed by atoms with E-state index in [0.29, 0.717) is 21.9 Å². The van der Waals surface area contributed by atoms with Gasteiger partial charge in [-0.05, 0) is 60.4 Å². The largest absolute Gasteiger partial charge is 0.290 e. The molecule has 0 atom stereocenters. The first-order valence-corrected chi connectivity index (χ1v) is 11.2. The molecule has 0 radical (unpaired) electrons. The summed E-state index contributed by atoms with van der Waals surface area (Å²) >= 11 is 5.87. The number of amidine groups is 1. The number of aliphatic imine (C=N–C) groups is 1. The lowest BCUT2D eigenvalue weighted by molar-refractivity contribution is -0.111. The molecule has 0 amide bonds. The Morgan fingerprint density at radius 2 is 1.60 bits per heavy atom. The van der Waals surface area contributed by atoms with Crippen molar-refractivity contribution in [3.63, 3.8) is 0 Å². The number of allylic oxidation sites excluding steroid dienone is 4. The van der Waals surface area contributed by atoms with Gasteiger partial charge in [0.25, 0.3) is 10.0 Å². The minimum atomic E-state index is -4.02. The normalized spacial score (nSPS) is 16.6. The van der Waals surface area contributed by atoms with E-state index >= 15 is 0 Å². The SMILES string of the molecule is CC1=CC(=NC(=NS(=O)(=O)c2ccc(Cl)cc2)c2ccccc2)C(C(C)C)=CC1=O. The fourth-order valence-electron chi connectivity index (χ4n) is 2.86. The van der Waals surface area contributed by atoms with Crippen LogP contribution in [-0.4, -0.2) is 25.7 Å². The first-order chi connectivity index (χ1) is 14.2. The minimum absolute atomic E-state index is 0.0192. The summed E-state index contributed by atoms with van der Waals surface area (Å²) in [4.78, 5) is 16.7. The zero-order chi connectivity index (χ0) is 21.9. The van der Waals surface area contributed by atoms with E-state index < -0.39 is 10.0 Å². The molecule has 154 valence electrons. The van der Waals surface area contributed by atoms with Gasteiger partial charge in [0.2, 0.25) is 0 Å². The predicted octanol–water partition coefficient (Wildman–Crippen LogP) is 5.03. The quantitative estimate of drug-likeness (QED) is 0.380. The summed E-state index contributed by atoms with van der Waals surface area (Å²) in [6, 6.07) is 14.7. The number of carbonyl (C=O) groups is 1. The lowest BCUT2D eigenvalue weighted by Gasteiger charge is -2.17. The molecule has 30 heavy (non-hydrogen) atoms. The van der Waals surface area contributed by atoms with Gasteiger partial charge in [-0.1, -0.05) is 55.8 Å². The van der Waals surface area contributed by atoms with Gasteiger partial charge in [0.15, 0.2) is 11.6 Å². The van der Waals surface area contributed by atoms with Crippen LogP contribution in [0.25, 0.3) is 0 Å². The standard InChI is InChI=1S/C23H21ClN2O3S/c1-15(2)20-14-22(27)16(3)13-21(20)25-23(17-7-5-4-6-8-17)26-30(28,29)19-11-9-18(24)10-12-19/h4-15H,1-3H3. The zero-order valence-corrected chi connectivity index (χ0v) is 18.4. The lowest BCUT2D eigenvalue weighted by atomic mass is 9.90. The number of nitrogens with zero attached hydrogens (tertiary/aromatic N) is 2. The first-order valence-electron chi connectivity index (χ1n) is 9.36. The molecule has 5 nitrogen and oxygen atoms in total. The third-order valence-electron chi connectivity index (χ3n) is 4.52. The Morgan fingerprint density at radius 1 is 0.967 bits per heavy atom. The van der Waals surface area contributed by atoms with E-state index in [1.54, 1.807) is 43.3 Å². The van der Waals surface area contributed by atoms with Crippen molar-refractivity contribution >= 4 is 39.0 Å². The van der Waals surface area contributed by atoms with Gasteiger partial charge >= 0.3 is 0 Å². The molecular weight excluding hydrogens is 420 g/mol. The molecule has 0 bridgehead atoms. The minimum Gasteiger partial charge on any atom is -0.290 e. The summed E-state index contributed by atoms with van der Waals surface area (Å²) < 4.78 is 29.9. The van der Waals surface area contributed by atoms with E-state index in [0.717, 1.165) is 5.57 Å².